The number of carbonyl (C=O) groups is 3. The number of hydrogen-bond acceptors (Lipinski definition) is 4. The van der Waals surface area contributed by atoms with Crippen LogP contribution < -0.4 is 15.1 Å². The molecule has 1 fully saturated rings. The fourth-order valence-electron chi connectivity index (χ4n) is 4.48. The Morgan fingerprint density at radius 1 is 1.06 bits per heavy atom. The lowest BCUT2D eigenvalue weighted by Gasteiger charge is -2.42. The van der Waals surface area contributed by atoms with Gasteiger partial charge in [0.25, 0.3) is 11.8 Å². The average molecular weight is 484 g/mol. The van der Waals surface area contributed by atoms with Crippen LogP contribution in [0.4, 0.5) is 16.2 Å². The van der Waals surface area contributed by atoms with Gasteiger partial charge >= 0.3 is 6.03 Å². The molecule has 2 aliphatic rings. The van der Waals surface area contributed by atoms with Gasteiger partial charge < -0.3 is 4.90 Å². The molecule has 2 aromatic carbocycles. The summed E-state index contributed by atoms with van der Waals surface area (Å²) in [5, 5.41) is 2.45. The monoisotopic (exact) mass is 483 g/mol. The molecule has 0 unspecified atom stereocenters. The first kappa shape index (κ1) is 23.1. The maximum atomic E-state index is 13.2. The van der Waals surface area contributed by atoms with E-state index in [9.17, 15) is 14.4 Å². The Bertz CT molecular complexity index is 1260. The van der Waals surface area contributed by atoms with Crippen LogP contribution in [0, 0.1) is 0 Å². The van der Waals surface area contributed by atoms with E-state index in [1.54, 1.807) is 12.1 Å². The van der Waals surface area contributed by atoms with Crippen molar-refractivity contribution in [3.05, 3.63) is 69.2 Å². The highest BCUT2D eigenvalue weighted by atomic mass is 35.5. The van der Waals surface area contributed by atoms with Crippen LogP contribution in [0.3, 0.4) is 0 Å². The summed E-state index contributed by atoms with van der Waals surface area (Å²) < 4.78 is 0. The lowest BCUT2D eigenvalue weighted by molar-refractivity contribution is -0.122. The maximum absolute atomic E-state index is 13.2. The van der Waals surface area contributed by atoms with Crippen molar-refractivity contribution in [2.75, 3.05) is 16.3 Å². The van der Waals surface area contributed by atoms with E-state index < -0.39 is 17.8 Å². The molecule has 0 saturated carbocycles. The molecular formula is C25H23Cl2N3O3. The molecule has 0 spiro atoms. The Balaban J connectivity index is 1.77. The molecule has 2 aromatic rings. The van der Waals surface area contributed by atoms with Gasteiger partial charge in [0.05, 0.1) is 21.3 Å². The molecule has 6 nitrogen and oxygen atoms in total. The lowest BCUT2D eigenvalue weighted by atomic mass is 9.88. The normalized spacial score (nSPS) is 18.9. The quantitative estimate of drug-likeness (QED) is 0.450. The first-order valence-corrected chi connectivity index (χ1v) is 11.3. The zero-order valence-corrected chi connectivity index (χ0v) is 20.2. The fourth-order valence-corrected chi connectivity index (χ4v) is 4.86. The highest BCUT2D eigenvalue weighted by Gasteiger charge is 2.38. The molecule has 2 aliphatic heterocycles. The van der Waals surface area contributed by atoms with Crippen LogP contribution in [0.2, 0.25) is 10.0 Å². The van der Waals surface area contributed by atoms with Crippen molar-refractivity contribution in [2.45, 2.75) is 33.2 Å². The van der Waals surface area contributed by atoms with Gasteiger partial charge in [0.15, 0.2) is 0 Å². The van der Waals surface area contributed by atoms with E-state index in [4.69, 9.17) is 23.2 Å². The number of rotatable bonds is 3. The molecule has 1 saturated heterocycles. The van der Waals surface area contributed by atoms with E-state index >= 15 is 0 Å². The number of halogens is 2. The van der Waals surface area contributed by atoms with E-state index in [1.807, 2.05) is 25.1 Å². The Morgan fingerprint density at radius 2 is 1.79 bits per heavy atom. The van der Waals surface area contributed by atoms with Gasteiger partial charge in [-0.15, -0.1) is 0 Å². The van der Waals surface area contributed by atoms with Crippen LogP contribution in [0.25, 0.3) is 11.6 Å². The predicted molar refractivity (Wildman–Crippen MR) is 133 cm³/mol. The minimum atomic E-state index is -0.878. The van der Waals surface area contributed by atoms with Gasteiger partial charge in [-0.1, -0.05) is 41.4 Å². The van der Waals surface area contributed by atoms with Gasteiger partial charge in [-0.25, -0.2) is 9.69 Å². The van der Waals surface area contributed by atoms with Gasteiger partial charge in [0.1, 0.15) is 5.57 Å². The topological polar surface area (TPSA) is 69.7 Å². The number of barbiturate groups is 1. The number of urea groups is 1. The van der Waals surface area contributed by atoms with Crippen LogP contribution in [-0.4, -0.2) is 29.9 Å². The SMILES string of the molecule is CCN1c2ccc(/C=C3/C(=O)NC(=O)N(c4cccc(Cl)c4Cl)C3=O)cc2C(C)=CC1(C)C. The van der Waals surface area contributed by atoms with Crippen molar-refractivity contribution < 1.29 is 14.4 Å². The molecule has 8 heteroatoms. The third-order valence-corrected chi connectivity index (χ3v) is 6.71. The largest absolute Gasteiger partial charge is 0.363 e. The number of anilines is 2. The van der Waals surface area contributed by atoms with Gasteiger partial charge in [-0.3, -0.25) is 14.9 Å². The summed E-state index contributed by atoms with van der Waals surface area (Å²) in [4.78, 5) is 41.4. The molecule has 4 amide bonds. The summed E-state index contributed by atoms with van der Waals surface area (Å²) in [7, 11) is 0. The number of nitrogens with one attached hydrogen (secondary N) is 1. The number of imide groups is 2. The Kier molecular flexibility index (Phi) is 5.85. The van der Waals surface area contributed by atoms with Crippen molar-refractivity contribution in [1.29, 1.82) is 0 Å². The molecule has 0 bridgehead atoms. The number of hydrogen-bond donors (Lipinski definition) is 1. The first-order chi connectivity index (χ1) is 15.5. The number of allylic oxidation sites excluding steroid dienone is 1. The van der Waals surface area contributed by atoms with Crippen LogP contribution in [-0.2, 0) is 9.59 Å². The number of carbonyl (C=O) groups excluding carboxylic acids is 3. The molecule has 170 valence electrons. The minimum absolute atomic E-state index is 0.0492. The second-order valence-corrected chi connectivity index (χ2v) is 9.32. The molecule has 0 aromatic heterocycles. The highest BCUT2D eigenvalue weighted by Crippen LogP contribution is 2.39. The summed E-state index contributed by atoms with van der Waals surface area (Å²) in [5.74, 6) is -1.53. The minimum Gasteiger partial charge on any atom is -0.363 e. The van der Waals surface area contributed by atoms with E-state index in [0.717, 1.165) is 28.3 Å². The van der Waals surface area contributed by atoms with Crippen LogP contribution in [0.15, 0.2) is 48.0 Å². The molecule has 0 radical (unpaired) electrons. The van der Waals surface area contributed by atoms with E-state index in [0.29, 0.717) is 5.56 Å². The van der Waals surface area contributed by atoms with Crippen molar-refractivity contribution in [3.63, 3.8) is 0 Å². The molecular weight excluding hydrogens is 461 g/mol. The van der Waals surface area contributed by atoms with Crippen molar-refractivity contribution in [2.24, 2.45) is 0 Å². The van der Waals surface area contributed by atoms with Gasteiger partial charge in [-0.05, 0) is 69.2 Å². The number of benzene rings is 2. The lowest BCUT2D eigenvalue weighted by Crippen LogP contribution is -2.54. The molecule has 0 atom stereocenters. The van der Waals surface area contributed by atoms with Gasteiger partial charge in [0.2, 0.25) is 0 Å². The number of nitrogens with zero attached hydrogens (tertiary/aromatic N) is 2. The number of likely N-dealkylation sites (N-methyl/N-ethyl adjacent to an activating group) is 1. The van der Waals surface area contributed by atoms with E-state index in [-0.39, 0.29) is 26.8 Å². The Hall–Kier alpha value is -3.09. The number of amides is 4. The zero-order valence-electron chi connectivity index (χ0n) is 18.7. The van der Waals surface area contributed by atoms with E-state index in [1.165, 1.54) is 12.1 Å². The summed E-state index contributed by atoms with van der Waals surface area (Å²) in [6, 6.07) is 9.53. The van der Waals surface area contributed by atoms with Crippen LogP contribution >= 0.6 is 23.2 Å². The first-order valence-electron chi connectivity index (χ1n) is 10.5. The van der Waals surface area contributed by atoms with Crippen LogP contribution in [0.1, 0.15) is 38.8 Å². The summed E-state index contributed by atoms with van der Waals surface area (Å²) in [6.45, 7) is 9.31. The number of fused-ring (bicyclic) bond motifs is 1. The molecule has 2 heterocycles. The predicted octanol–water partition coefficient (Wildman–Crippen LogP) is 5.68. The third-order valence-electron chi connectivity index (χ3n) is 5.90. The second-order valence-electron chi connectivity index (χ2n) is 8.53. The van der Waals surface area contributed by atoms with Gasteiger partial charge in [-0.2, -0.15) is 0 Å². The molecule has 0 aliphatic carbocycles. The van der Waals surface area contributed by atoms with Crippen molar-refractivity contribution >= 4 is 64.1 Å². The van der Waals surface area contributed by atoms with Crippen molar-refractivity contribution in [3.8, 4) is 0 Å². The van der Waals surface area contributed by atoms with Crippen LogP contribution in [0.5, 0.6) is 0 Å². The fraction of sp³-hybridized carbons (Fsp3) is 0.240. The molecule has 33 heavy (non-hydrogen) atoms. The Morgan fingerprint density at radius 3 is 2.48 bits per heavy atom. The highest BCUT2D eigenvalue weighted by molar-refractivity contribution is 6.46. The summed E-state index contributed by atoms with van der Waals surface area (Å²) in [5.41, 5.74) is 3.71. The van der Waals surface area contributed by atoms with Gasteiger partial charge in [0, 0.05) is 17.8 Å². The van der Waals surface area contributed by atoms with Crippen molar-refractivity contribution in [1.82, 2.24) is 5.32 Å². The second kappa shape index (κ2) is 8.36. The smallest absolute Gasteiger partial charge is 0.336 e. The maximum Gasteiger partial charge on any atom is 0.336 e. The average Bonchev–Trinajstić information content (AvgIpc) is 2.74. The standard InChI is InChI=1S/C25H23Cl2N3O3/c1-5-29-19-10-9-15(11-16(19)14(2)13-25(29,3)4)12-17-22(31)28-24(33)30(23(17)32)20-8-6-7-18(26)21(20)27/h6-13H,5H2,1-4H3,(H,28,31,33)/b17-12-. The Labute approximate surface area is 202 Å². The summed E-state index contributed by atoms with van der Waals surface area (Å²) >= 11 is 12.3. The van der Waals surface area contributed by atoms with E-state index in [2.05, 4.69) is 37.1 Å². The zero-order chi connectivity index (χ0) is 24.1. The molecule has 4 rings (SSSR count). The third kappa shape index (κ3) is 3.94. The molecule has 1 N–H and O–H groups in total. The summed E-state index contributed by atoms with van der Waals surface area (Å²) in [6.07, 6.45) is 3.69.